The van der Waals surface area contributed by atoms with Crippen molar-refractivity contribution in [1.29, 1.82) is 0 Å². The van der Waals surface area contributed by atoms with E-state index in [0.717, 1.165) is 5.75 Å². The Morgan fingerprint density at radius 2 is 1.87 bits per heavy atom. The summed E-state index contributed by atoms with van der Waals surface area (Å²) in [5.41, 5.74) is 0. The molecular formula is C11H15NO3. The molecule has 82 valence electrons. The van der Waals surface area contributed by atoms with Crippen molar-refractivity contribution in [2.75, 3.05) is 26.4 Å². The van der Waals surface area contributed by atoms with Gasteiger partial charge >= 0.3 is 0 Å². The summed E-state index contributed by atoms with van der Waals surface area (Å²) < 4.78 is 15.5. The number of rotatable bonds is 8. The van der Waals surface area contributed by atoms with Crippen molar-refractivity contribution in [2.45, 2.75) is 0 Å². The fourth-order valence-corrected chi connectivity index (χ4v) is 0.945. The van der Waals surface area contributed by atoms with Gasteiger partial charge in [-0.25, -0.2) is 0 Å². The van der Waals surface area contributed by atoms with Gasteiger partial charge in [0.1, 0.15) is 19.0 Å². The van der Waals surface area contributed by atoms with E-state index in [1.54, 1.807) is 24.5 Å². The third kappa shape index (κ3) is 5.70. The summed E-state index contributed by atoms with van der Waals surface area (Å²) in [6.45, 7) is 5.57. The number of nitrogens with zero attached hydrogens (tertiary/aromatic N) is 1. The molecule has 1 heterocycles. The Morgan fingerprint density at radius 1 is 1.13 bits per heavy atom. The maximum absolute atomic E-state index is 5.39. The molecule has 0 aliphatic carbocycles. The molecule has 4 heteroatoms. The Kier molecular flexibility index (Phi) is 6.01. The van der Waals surface area contributed by atoms with Gasteiger partial charge in [0.15, 0.2) is 0 Å². The number of hydrogen-bond acceptors (Lipinski definition) is 4. The SMILES string of the molecule is C=COCCOCCOc1ccncc1. The number of ether oxygens (including phenoxy) is 3. The van der Waals surface area contributed by atoms with E-state index < -0.39 is 0 Å². The minimum atomic E-state index is 0.526. The van der Waals surface area contributed by atoms with Crippen LogP contribution in [0.25, 0.3) is 0 Å². The summed E-state index contributed by atoms with van der Waals surface area (Å²) in [7, 11) is 0. The Morgan fingerprint density at radius 3 is 2.60 bits per heavy atom. The molecule has 0 aliphatic heterocycles. The van der Waals surface area contributed by atoms with E-state index in [1.165, 1.54) is 6.26 Å². The molecule has 0 unspecified atom stereocenters. The first-order valence-corrected chi connectivity index (χ1v) is 4.76. The first kappa shape index (κ1) is 11.5. The van der Waals surface area contributed by atoms with Crippen LogP contribution in [0.4, 0.5) is 0 Å². The van der Waals surface area contributed by atoms with E-state index in [9.17, 15) is 0 Å². The molecule has 0 radical (unpaired) electrons. The van der Waals surface area contributed by atoms with Gasteiger partial charge < -0.3 is 14.2 Å². The van der Waals surface area contributed by atoms with Gasteiger partial charge in [0.25, 0.3) is 0 Å². The van der Waals surface area contributed by atoms with Crippen LogP contribution in [-0.4, -0.2) is 31.4 Å². The van der Waals surface area contributed by atoms with Gasteiger partial charge in [-0.3, -0.25) is 4.98 Å². The highest BCUT2D eigenvalue weighted by Gasteiger charge is 1.92. The maximum Gasteiger partial charge on any atom is 0.122 e. The molecule has 0 amide bonds. The second-order valence-corrected chi connectivity index (χ2v) is 2.68. The molecule has 1 aromatic rings. The molecule has 0 bridgehead atoms. The van der Waals surface area contributed by atoms with Crippen LogP contribution in [0.2, 0.25) is 0 Å². The summed E-state index contributed by atoms with van der Waals surface area (Å²) in [5.74, 6) is 0.802. The van der Waals surface area contributed by atoms with Crippen molar-refractivity contribution < 1.29 is 14.2 Å². The molecule has 15 heavy (non-hydrogen) atoms. The van der Waals surface area contributed by atoms with Crippen molar-refractivity contribution in [3.63, 3.8) is 0 Å². The summed E-state index contributed by atoms with van der Waals surface area (Å²) in [5, 5.41) is 0. The molecule has 0 spiro atoms. The molecule has 1 rings (SSSR count). The molecule has 1 aromatic heterocycles. The van der Waals surface area contributed by atoms with Crippen molar-refractivity contribution in [3.8, 4) is 5.75 Å². The minimum Gasteiger partial charge on any atom is -0.499 e. The van der Waals surface area contributed by atoms with Crippen LogP contribution >= 0.6 is 0 Å². The number of hydrogen-bond donors (Lipinski definition) is 0. The predicted octanol–water partition coefficient (Wildman–Crippen LogP) is 1.64. The van der Waals surface area contributed by atoms with Gasteiger partial charge in [-0.1, -0.05) is 6.58 Å². The van der Waals surface area contributed by atoms with Gasteiger partial charge in [0, 0.05) is 12.4 Å². The summed E-state index contributed by atoms with van der Waals surface area (Å²) >= 11 is 0. The molecular weight excluding hydrogens is 194 g/mol. The van der Waals surface area contributed by atoms with Gasteiger partial charge in [0.2, 0.25) is 0 Å². The first-order chi connectivity index (χ1) is 7.43. The number of aromatic nitrogens is 1. The minimum absolute atomic E-state index is 0.526. The van der Waals surface area contributed by atoms with E-state index in [0.29, 0.717) is 26.4 Å². The predicted molar refractivity (Wildman–Crippen MR) is 56.7 cm³/mol. The zero-order valence-electron chi connectivity index (χ0n) is 8.59. The zero-order valence-corrected chi connectivity index (χ0v) is 8.59. The molecule has 0 fully saturated rings. The van der Waals surface area contributed by atoms with Crippen LogP contribution in [0.15, 0.2) is 37.4 Å². The van der Waals surface area contributed by atoms with Crippen LogP contribution in [0.1, 0.15) is 0 Å². The number of pyridine rings is 1. The summed E-state index contributed by atoms with van der Waals surface area (Å²) in [6, 6.07) is 3.61. The van der Waals surface area contributed by atoms with Crippen molar-refractivity contribution >= 4 is 0 Å². The molecule has 0 atom stereocenters. The lowest BCUT2D eigenvalue weighted by Gasteiger charge is -2.06. The van der Waals surface area contributed by atoms with Gasteiger partial charge in [0.05, 0.1) is 19.5 Å². The lowest BCUT2D eigenvalue weighted by atomic mass is 10.4. The molecule has 0 saturated carbocycles. The molecule has 0 N–H and O–H groups in total. The second kappa shape index (κ2) is 7.82. The van der Waals surface area contributed by atoms with E-state index in [4.69, 9.17) is 14.2 Å². The Labute approximate surface area is 89.5 Å². The average Bonchev–Trinajstić information content (AvgIpc) is 2.29. The highest BCUT2D eigenvalue weighted by molar-refractivity contribution is 5.16. The Hall–Kier alpha value is -1.55. The van der Waals surface area contributed by atoms with Crippen molar-refractivity contribution in [2.24, 2.45) is 0 Å². The van der Waals surface area contributed by atoms with E-state index >= 15 is 0 Å². The zero-order chi connectivity index (χ0) is 10.8. The highest BCUT2D eigenvalue weighted by Crippen LogP contribution is 2.05. The quantitative estimate of drug-likeness (QED) is 0.482. The first-order valence-electron chi connectivity index (χ1n) is 4.76. The molecule has 4 nitrogen and oxygen atoms in total. The summed E-state index contributed by atoms with van der Waals surface area (Å²) in [6.07, 6.45) is 4.78. The van der Waals surface area contributed by atoms with Gasteiger partial charge in [-0.05, 0) is 12.1 Å². The van der Waals surface area contributed by atoms with Crippen molar-refractivity contribution in [1.82, 2.24) is 4.98 Å². The van der Waals surface area contributed by atoms with Crippen LogP contribution in [-0.2, 0) is 9.47 Å². The second-order valence-electron chi connectivity index (χ2n) is 2.68. The van der Waals surface area contributed by atoms with Crippen LogP contribution in [0.5, 0.6) is 5.75 Å². The van der Waals surface area contributed by atoms with E-state index in [1.807, 2.05) is 0 Å². The highest BCUT2D eigenvalue weighted by atomic mass is 16.5. The van der Waals surface area contributed by atoms with Crippen LogP contribution in [0, 0.1) is 0 Å². The van der Waals surface area contributed by atoms with Crippen LogP contribution in [0.3, 0.4) is 0 Å². The third-order valence-electron chi connectivity index (χ3n) is 1.61. The summed E-state index contributed by atoms with van der Waals surface area (Å²) in [4.78, 5) is 3.89. The Balaban J connectivity index is 1.95. The van der Waals surface area contributed by atoms with Gasteiger partial charge in [-0.2, -0.15) is 0 Å². The monoisotopic (exact) mass is 209 g/mol. The smallest absolute Gasteiger partial charge is 0.122 e. The van der Waals surface area contributed by atoms with Crippen molar-refractivity contribution in [3.05, 3.63) is 37.4 Å². The topological polar surface area (TPSA) is 40.6 Å². The third-order valence-corrected chi connectivity index (χ3v) is 1.61. The normalized spacial score (nSPS) is 9.60. The standard InChI is InChI=1S/C11H15NO3/c1-2-13-7-8-14-9-10-15-11-3-5-12-6-4-11/h2-6H,1,7-10H2. The van der Waals surface area contributed by atoms with Gasteiger partial charge in [-0.15, -0.1) is 0 Å². The lowest BCUT2D eigenvalue weighted by Crippen LogP contribution is -2.09. The fraction of sp³-hybridized carbons (Fsp3) is 0.364. The lowest BCUT2D eigenvalue weighted by molar-refractivity contribution is 0.0654. The Bertz CT molecular complexity index is 264. The molecule has 0 aromatic carbocycles. The molecule has 0 aliphatic rings. The largest absolute Gasteiger partial charge is 0.499 e. The van der Waals surface area contributed by atoms with Crippen LogP contribution < -0.4 is 4.74 Å². The average molecular weight is 209 g/mol. The van der Waals surface area contributed by atoms with E-state index in [-0.39, 0.29) is 0 Å². The maximum atomic E-state index is 5.39. The molecule has 0 saturated heterocycles. The fourth-order valence-electron chi connectivity index (χ4n) is 0.945. The van der Waals surface area contributed by atoms with E-state index in [2.05, 4.69) is 11.6 Å².